The molecule has 0 aromatic carbocycles. The van der Waals surface area contributed by atoms with E-state index in [9.17, 15) is 8.42 Å². The average molecular weight is 283 g/mol. The van der Waals surface area contributed by atoms with Crippen LogP contribution < -0.4 is 10.5 Å². The Labute approximate surface area is 114 Å². The fourth-order valence-corrected chi connectivity index (χ4v) is 3.39. The van der Waals surface area contributed by atoms with Crippen LogP contribution in [0.15, 0.2) is 23.2 Å². The summed E-state index contributed by atoms with van der Waals surface area (Å²) in [5.41, 5.74) is 0.284. The molecule has 0 radical (unpaired) electrons. The lowest BCUT2D eigenvalue weighted by Gasteiger charge is -2.35. The summed E-state index contributed by atoms with van der Waals surface area (Å²) < 4.78 is 23.0. The van der Waals surface area contributed by atoms with Crippen LogP contribution in [0, 0.1) is 5.41 Å². The molecule has 1 heterocycles. The van der Waals surface area contributed by atoms with Crippen LogP contribution in [0.1, 0.15) is 39.5 Å². The summed E-state index contributed by atoms with van der Waals surface area (Å²) in [5, 5.41) is 8.45. The smallest absolute Gasteiger partial charge is 0.241 e. The van der Waals surface area contributed by atoms with Crippen molar-refractivity contribution in [1.29, 1.82) is 0 Å². The predicted molar refractivity (Wildman–Crippen MR) is 75.3 cm³/mol. The zero-order valence-corrected chi connectivity index (χ0v) is 12.2. The van der Waals surface area contributed by atoms with Crippen LogP contribution in [0.3, 0.4) is 0 Å². The zero-order chi connectivity index (χ0) is 14.1. The topological polar surface area (TPSA) is 85.1 Å². The molecule has 0 spiro atoms. The van der Waals surface area contributed by atoms with Gasteiger partial charge in [0.2, 0.25) is 10.0 Å². The molecule has 0 amide bonds. The first kappa shape index (κ1) is 14.3. The van der Waals surface area contributed by atoms with Crippen molar-refractivity contribution in [3.8, 4) is 0 Å². The molecule has 6 heteroatoms. The summed E-state index contributed by atoms with van der Waals surface area (Å²) in [4.78, 5) is 4.18. The van der Waals surface area contributed by atoms with Gasteiger partial charge in [-0.3, -0.25) is 0 Å². The van der Waals surface area contributed by atoms with Gasteiger partial charge in [0.05, 0.1) is 0 Å². The van der Waals surface area contributed by atoms with Crippen molar-refractivity contribution >= 4 is 15.8 Å². The van der Waals surface area contributed by atoms with Gasteiger partial charge >= 0.3 is 0 Å². The lowest BCUT2D eigenvalue weighted by Crippen LogP contribution is -2.32. The highest BCUT2D eigenvalue weighted by molar-refractivity contribution is 7.89. The Morgan fingerprint density at radius 3 is 2.84 bits per heavy atom. The molecule has 2 rings (SSSR count). The highest BCUT2D eigenvalue weighted by Gasteiger charge is 2.29. The van der Waals surface area contributed by atoms with Crippen LogP contribution in [-0.2, 0) is 10.0 Å². The Morgan fingerprint density at radius 1 is 1.47 bits per heavy atom. The van der Waals surface area contributed by atoms with Crippen LogP contribution in [-0.4, -0.2) is 19.4 Å². The fourth-order valence-electron chi connectivity index (χ4n) is 2.74. The number of nitrogens with zero attached hydrogens (tertiary/aromatic N) is 1. The number of hydrogen-bond acceptors (Lipinski definition) is 4. The lowest BCUT2D eigenvalue weighted by atomic mass is 9.75. The molecule has 1 fully saturated rings. The Kier molecular flexibility index (Phi) is 3.82. The molecule has 1 aliphatic carbocycles. The van der Waals surface area contributed by atoms with Gasteiger partial charge in [-0.25, -0.2) is 18.5 Å². The second kappa shape index (κ2) is 5.09. The van der Waals surface area contributed by atoms with E-state index >= 15 is 0 Å². The summed E-state index contributed by atoms with van der Waals surface area (Å²) in [7, 11) is -3.74. The highest BCUT2D eigenvalue weighted by Crippen LogP contribution is 2.36. The van der Waals surface area contributed by atoms with Crippen molar-refractivity contribution in [2.75, 3.05) is 5.32 Å². The minimum atomic E-state index is -3.74. The number of hydrogen-bond donors (Lipinski definition) is 2. The molecule has 3 N–H and O–H groups in total. The van der Waals surface area contributed by atoms with Crippen LogP contribution in [0.4, 0.5) is 5.82 Å². The molecule has 19 heavy (non-hydrogen) atoms. The molecule has 0 saturated heterocycles. The van der Waals surface area contributed by atoms with E-state index in [4.69, 9.17) is 5.14 Å². The minimum Gasteiger partial charge on any atom is -0.366 e. The van der Waals surface area contributed by atoms with Gasteiger partial charge < -0.3 is 5.32 Å². The number of anilines is 1. The van der Waals surface area contributed by atoms with E-state index in [1.54, 1.807) is 12.3 Å². The van der Waals surface area contributed by atoms with E-state index in [0.717, 1.165) is 19.3 Å². The number of nitrogens with one attached hydrogen (secondary N) is 1. The minimum absolute atomic E-state index is 0.0679. The summed E-state index contributed by atoms with van der Waals surface area (Å²) in [6.07, 6.45) is 5.96. The van der Waals surface area contributed by atoms with Crippen molar-refractivity contribution in [3.63, 3.8) is 0 Å². The summed E-state index contributed by atoms with van der Waals surface area (Å²) in [6, 6.07) is 3.31. The van der Waals surface area contributed by atoms with E-state index in [1.165, 1.54) is 12.5 Å². The standard InChI is InChI=1S/C13H21N3O2S/c1-13(2)7-3-5-10(9-13)16-12-11(19(14,17)18)6-4-8-15-12/h4,6,8,10H,3,5,7,9H2,1-2H3,(H,15,16)(H2,14,17,18). The molecule has 5 nitrogen and oxygen atoms in total. The van der Waals surface area contributed by atoms with Gasteiger partial charge in [0.25, 0.3) is 0 Å². The van der Waals surface area contributed by atoms with Gasteiger partial charge in [-0.2, -0.15) is 0 Å². The number of aromatic nitrogens is 1. The maximum absolute atomic E-state index is 11.5. The maximum Gasteiger partial charge on any atom is 0.241 e. The van der Waals surface area contributed by atoms with E-state index in [0.29, 0.717) is 5.82 Å². The van der Waals surface area contributed by atoms with E-state index in [2.05, 4.69) is 24.1 Å². The van der Waals surface area contributed by atoms with Crippen LogP contribution in [0.5, 0.6) is 0 Å². The van der Waals surface area contributed by atoms with Gasteiger partial charge in [-0.05, 0) is 36.8 Å². The van der Waals surface area contributed by atoms with Crippen LogP contribution in [0.2, 0.25) is 0 Å². The predicted octanol–water partition coefficient (Wildman–Crippen LogP) is 2.11. The van der Waals surface area contributed by atoms with E-state index in [1.807, 2.05) is 0 Å². The first-order valence-electron chi connectivity index (χ1n) is 6.52. The third kappa shape index (κ3) is 3.67. The highest BCUT2D eigenvalue weighted by atomic mass is 32.2. The van der Waals surface area contributed by atoms with Crippen LogP contribution >= 0.6 is 0 Å². The molecule has 1 saturated carbocycles. The molecule has 1 atom stereocenters. The first-order chi connectivity index (χ1) is 8.78. The first-order valence-corrected chi connectivity index (χ1v) is 8.07. The normalized spacial score (nSPS) is 23.0. The van der Waals surface area contributed by atoms with Gasteiger partial charge in [-0.15, -0.1) is 0 Å². The molecular weight excluding hydrogens is 262 g/mol. The van der Waals surface area contributed by atoms with E-state index in [-0.39, 0.29) is 16.4 Å². The number of nitrogens with two attached hydrogens (primary N) is 1. The molecule has 106 valence electrons. The monoisotopic (exact) mass is 283 g/mol. The van der Waals surface area contributed by atoms with Gasteiger partial charge in [0, 0.05) is 12.2 Å². The van der Waals surface area contributed by atoms with Crippen LogP contribution in [0.25, 0.3) is 0 Å². The molecule has 1 aliphatic rings. The third-order valence-corrected chi connectivity index (χ3v) is 4.57. The number of primary sulfonamides is 1. The van der Waals surface area contributed by atoms with Crippen molar-refractivity contribution in [1.82, 2.24) is 4.98 Å². The Bertz CT molecular complexity index is 555. The third-order valence-electron chi connectivity index (χ3n) is 3.62. The van der Waals surface area contributed by atoms with Crippen molar-refractivity contribution < 1.29 is 8.42 Å². The zero-order valence-electron chi connectivity index (χ0n) is 11.4. The summed E-state index contributed by atoms with van der Waals surface area (Å²) >= 11 is 0. The number of pyridine rings is 1. The number of sulfonamides is 1. The summed E-state index contributed by atoms with van der Waals surface area (Å²) in [5.74, 6) is 0.368. The molecule has 0 aliphatic heterocycles. The molecule has 0 bridgehead atoms. The van der Waals surface area contributed by atoms with Crippen molar-refractivity contribution in [3.05, 3.63) is 18.3 Å². The van der Waals surface area contributed by atoms with Gasteiger partial charge in [0.15, 0.2) is 0 Å². The maximum atomic E-state index is 11.5. The summed E-state index contributed by atoms with van der Waals surface area (Å²) in [6.45, 7) is 4.47. The van der Waals surface area contributed by atoms with Gasteiger partial charge in [-0.1, -0.05) is 20.3 Å². The largest absolute Gasteiger partial charge is 0.366 e. The SMILES string of the molecule is CC1(C)CCCC(Nc2ncccc2S(N)(=O)=O)C1. The quantitative estimate of drug-likeness (QED) is 0.889. The number of rotatable bonds is 3. The average Bonchev–Trinajstić information content (AvgIpc) is 2.26. The second-order valence-corrected chi connectivity index (χ2v) is 7.53. The van der Waals surface area contributed by atoms with Gasteiger partial charge in [0.1, 0.15) is 10.7 Å². The molecule has 1 aromatic rings. The fraction of sp³-hybridized carbons (Fsp3) is 0.615. The van der Waals surface area contributed by atoms with E-state index < -0.39 is 10.0 Å². The molecular formula is C13H21N3O2S. The van der Waals surface area contributed by atoms with Crippen molar-refractivity contribution in [2.24, 2.45) is 10.6 Å². The van der Waals surface area contributed by atoms with Crippen molar-refractivity contribution in [2.45, 2.75) is 50.5 Å². The molecule has 1 unspecified atom stereocenters. The second-order valence-electron chi connectivity index (χ2n) is 6.00. The Balaban J connectivity index is 2.20. The Hall–Kier alpha value is -1.14. The lowest BCUT2D eigenvalue weighted by molar-refractivity contribution is 0.229. The molecule has 1 aromatic heterocycles. The Morgan fingerprint density at radius 2 is 2.21 bits per heavy atom.